The topological polar surface area (TPSA) is 71.1 Å². The molecule has 1 heterocycles. The minimum atomic E-state index is -0.871. The van der Waals surface area contributed by atoms with Crippen LogP contribution in [0, 0.1) is 17.8 Å². The van der Waals surface area contributed by atoms with Gasteiger partial charge in [-0.25, -0.2) is 4.79 Å². The molecule has 0 bridgehead atoms. The van der Waals surface area contributed by atoms with E-state index in [2.05, 4.69) is 27.7 Å². The van der Waals surface area contributed by atoms with Gasteiger partial charge in [0.2, 0.25) is 12.0 Å². The standard InChI is InChI=1S/C22H36O6/c1-6-7-8-11-26-20(21(24)25-5)17-13-19(23)28-22(17)27-18-12-15(4)9-10-16(18)14(2)3/h14-16,18,22H,6-13H2,1-5H3/b20-17-/t15-,16+,18-,22-/m1/s1. The first-order valence-electron chi connectivity index (χ1n) is 10.7. The molecule has 0 aromatic rings. The SMILES string of the molecule is CCCCCO/C(C(=O)OC)=C1/CC(=O)O[C@H]1O[C@@H]1C[C@H](C)CC[C@H]1C(C)C. The maximum atomic E-state index is 12.3. The van der Waals surface area contributed by atoms with Crippen molar-refractivity contribution in [1.29, 1.82) is 0 Å². The van der Waals surface area contributed by atoms with E-state index in [1.54, 1.807) is 0 Å². The summed E-state index contributed by atoms with van der Waals surface area (Å²) in [7, 11) is 1.31. The second-order valence-electron chi connectivity index (χ2n) is 8.40. The molecule has 2 aliphatic rings. The minimum absolute atomic E-state index is 0.00248. The molecule has 0 aromatic carbocycles. The Hall–Kier alpha value is -1.56. The molecular weight excluding hydrogens is 360 g/mol. The van der Waals surface area contributed by atoms with Crippen LogP contribution in [-0.4, -0.2) is 38.0 Å². The van der Waals surface area contributed by atoms with E-state index in [9.17, 15) is 9.59 Å². The Balaban J connectivity index is 2.20. The lowest BCUT2D eigenvalue weighted by Crippen LogP contribution is -2.37. The molecule has 0 spiro atoms. The lowest BCUT2D eigenvalue weighted by Gasteiger charge is -2.38. The van der Waals surface area contributed by atoms with E-state index in [0.717, 1.165) is 32.1 Å². The summed E-state index contributed by atoms with van der Waals surface area (Å²) in [5.74, 6) is 0.532. The molecule has 1 saturated heterocycles. The van der Waals surface area contributed by atoms with Crippen LogP contribution in [0.15, 0.2) is 11.3 Å². The molecule has 6 heteroatoms. The quantitative estimate of drug-likeness (QED) is 0.249. The van der Waals surface area contributed by atoms with E-state index in [0.29, 0.717) is 29.9 Å². The number of rotatable bonds is 9. The molecule has 0 N–H and O–H groups in total. The van der Waals surface area contributed by atoms with Crippen LogP contribution in [0.1, 0.15) is 72.6 Å². The Kier molecular flexibility index (Phi) is 8.80. The number of hydrogen-bond donors (Lipinski definition) is 0. The summed E-state index contributed by atoms with van der Waals surface area (Å²) >= 11 is 0. The van der Waals surface area contributed by atoms with Gasteiger partial charge in [-0.05, 0) is 37.0 Å². The van der Waals surface area contributed by atoms with Gasteiger partial charge in [0.05, 0.1) is 31.8 Å². The Bertz CT molecular complexity index is 567. The summed E-state index contributed by atoms with van der Waals surface area (Å²) < 4.78 is 22.4. The van der Waals surface area contributed by atoms with Gasteiger partial charge < -0.3 is 18.9 Å². The molecule has 1 aliphatic heterocycles. The lowest BCUT2D eigenvalue weighted by atomic mass is 9.75. The van der Waals surface area contributed by atoms with E-state index in [4.69, 9.17) is 18.9 Å². The van der Waals surface area contributed by atoms with Crippen molar-refractivity contribution in [2.24, 2.45) is 17.8 Å². The third-order valence-electron chi connectivity index (χ3n) is 5.77. The third kappa shape index (κ3) is 5.97. The molecule has 2 rings (SSSR count). The molecule has 160 valence electrons. The first-order valence-corrected chi connectivity index (χ1v) is 10.7. The fourth-order valence-electron chi connectivity index (χ4n) is 4.10. The summed E-state index contributed by atoms with van der Waals surface area (Å²) in [5.41, 5.74) is 0.453. The van der Waals surface area contributed by atoms with Crippen LogP contribution in [-0.2, 0) is 28.5 Å². The van der Waals surface area contributed by atoms with Crippen molar-refractivity contribution in [1.82, 2.24) is 0 Å². The highest BCUT2D eigenvalue weighted by Gasteiger charge is 2.41. The summed E-state index contributed by atoms with van der Waals surface area (Å²) in [5, 5.41) is 0. The Morgan fingerprint density at radius 1 is 1.25 bits per heavy atom. The van der Waals surface area contributed by atoms with Crippen molar-refractivity contribution in [3.8, 4) is 0 Å². The molecule has 0 aromatic heterocycles. The maximum absolute atomic E-state index is 12.3. The fraction of sp³-hybridized carbons (Fsp3) is 0.818. The van der Waals surface area contributed by atoms with Gasteiger partial charge >= 0.3 is 11.9 Å². The van der Waals surface area contributed by atoms with Crippen molar-refractivity contribution in [2.75, 3.05) is 13.7 Å². The van der Waals surface area contributed by atoms with Crippen molar-refractivity contribution in [2.45, 2.75) is 85.0 Å². The molecule has 2 fully saturated rings. The van der Waals surface area contributed by atoms with Gasteiger partial charge in [0.25, 0.3) is 0 Å². The number of ether oxygens (including phenoxy) is 4. The predicted octanol–water partition coefficient (Wildman–Crippen LogP) is 4.37. The monoisotopic (exact) mass is 396 g/mol. The fourth-order valence-corrected chi connectivity index (χ4v) is 4.10. The number of methoxy groups -OCH3 is 1. The zero-order valence-electron chi connectivity index (χ0n) is 18.0. The molecule has 4 atom stereocenters. The van der Waals surface area contributed by atoms with Crippen molar-refractivity contribution in [3.63, 3.8) is 0 Å². The highest BCUT2D eigenvalue weighted by Crippen LogP contribution is 2.38. The largest absolute Gasteiger partial charge is 0.486 e. The number of carbonyl (C=O) groups excluding carboxylic acids is 2. The van der Waals surface area contributed by atoms with Gasteiger partial charge in [0.1, 0.15) is 0 Å². The highest BCUT2D eigenvalue weighted by molar-refractivity contribution is 5.89. The highest BCUT2D eigenvalue weighted by atomic mass is 16.7. The smallest absolute Gasteiger partial charge is 0.373 e. The summed E-state index contributed by atoms with van der Waals surface area (Å²) in [6, 6.07) is 0. The third-order valence-corrected chi connectivity index (χ3v) is 5.77. The van der Waals surface area contributed by atoms with Crippen LogP contribution >= 0.6 is 0 Å². The molecule has 0 amide bonds. The van der Waals surface area contributed by atoms with Gasteiger partial charge in [-0.3, -0.25) is 4.79 Å². The van der Waals surface area contributed by atoms with E-state index < -0.39 is 18.2 Å². The first kappa shape index (κ1) is 22.7. The normalized spacial score (nSPS) is 29.6. The summed E-state index contributed by atoms with van der Waals surface area (Å²) in [6.07, 6.45) is 5.22. The minimum Gasteiger partial charge on any atom is -0.486 e. The number of esters is 2. The zero-order valence-corrected chi connectivity index (χ0v) is 18.0. The molecule has 28 heavy (non-hydrogen) atoms. The van der Waals surface area contributed by atoms with Gasteiger partial charge in [-0.1, -0.05) is 47.0 Å². The van der Waals surface area contributed by atoms with Gasteiger partial charge in [0.15, 0.2) is 0 Å². The molecule has 6 nitrogen and oxygen atoms in total. The van der Waals surface area contributed by atoms with Crippen LogP contribution in [0.2, 0.25) is 0 Å². The second-order valence-corrected chi connectivity index (χ2v) is 8.40. The summed E-state index contributed by atoms with van der Waals surface area (Å²) in [6.45, 7) is 9.12. The van der Waals surface area contributed by atoms with Crippen LogP contribution in [0.25, 0.3) is 0 Å². The van der Waals surface area contributed by atoms with Crippen molar-refractivity contribution in [3.05, 3.63) is 11.3 Å². The summed E-state index contributed by atoms with van der Waals surface area (Å²) in [4.78, 5) is 24.3. The van der Waals surface area contributed by atoms with Crippen molar-refractivity contribution >= 4 is 11.9 Å². The van der Waals surface area contributed by atoms with Crippen molar-refractivity contribution < 1.29 is 28.5 Å². The molecule has 0 radical (unpaired) electrons. The van der Waals surface area contributed by atoms with Crippen LogP contribution in [0.5, 0.6) is 0 Å². The van der Waals surface area contributed by atoms with E-state index in [1.807, 2.05) is 0 Å². The Morgan fingerprint density at radius 3 is 2.64 bits per heavy atom. The molecule has 1 aliphatic carbocycles. The van der Waals surface area contributed by atoms with Crippen LogP contribution in [0.4, 0.5) is 0 Å². The average molecular weight is 397 g/mol. The van der Waals surface area contributed by atoms with Crippen LogP contribution < -0.4 is 0 Å². The Morgan fingerprint density at radius 2 is 2.00 bits per heavy atom. The maximum Gasteiger partial charge on any atom is 0.373 e. The second kappa shape index (κ2) is 10.8. The molecule has 0 unspecified atom stereocenters. The van der Waals surface area contributed by atoms with Gasteiger partial charge in [-0.2, -0.15) is 0 Å². The number of carbonyl (C=O) groups is 2. The number of cyclic esters (lactones) is 1. The molecular formula is C22H36O6. The lowest BCUT2D eigenvalue weighted by molar-refractivity contribution is -0.179. The number of unbranched alkanes of at least 4 members (excludes halogenated alkanes) is 2. The van der Waals surface area contributed by atoms with E-state index >= 15 is 0 Å². The zero-order chi connectivity index (χ0) is 20.7. The van der Waals surface area contributed by atoms with Gasteiger partial charge in [-0.15, -0.1) is 0 Å². The molecule has 1 saturated carbocycles. The van der Waals surface area contributed by atoms with Crippen LogP contribution in [0.3, 0.4) is 0 Å². The first-order chi connectivity index (χ1) is 13.4. The average Bonchev–Trinajstić information content (AvgIpc) is 3.00. The predicted molar refractivity (Wildman–Crippen MR) is 105 cm³/mol. The van der Waals surface area contributed by atoms with Gasteiger partial charge in [0, 0.05) is 0 Å². The van der Waals surface area contributed by atoms with E-state index in [-0.39, 0.29) is 18.3 Å². The Labute approximate surface area is 168 Å². The van der Waals surface area contributed by atoms with E-state index in [1.165, 1.54) is 13.5 Å². The number of hydrogen-bond acceptors (Lipinski definition) is 6.